The van der Waals surface area contributed by atoms with Gasteiger partial charge in [0.15, 0.2) is 5.79 Å². The van der Waals surface area contributed by atoms with Gasteiger partial charge >= 0.3 is 0 Å². The number of likely N-dealkylation sites (N-methyl/N-ethyl adjacent to an activating group) is 1. The van der Waals surface area contributed by atoms with E-state index in [4.69, 9.17) is 9.47 Å². The van der Waals surface area contributed by atoms with E-state index in [1.165, 1.54) is 0 Å². The van der Waals surface area contributed by atoms with Crippen LogP contribution >= 0.6 is 0 Å². The maximum absolute atomic E-state index is 11.9. The summed E-state index contributed by atoms with van der Waals surface area (Å²) in [4.78, 5) is 2.27. The Labute approximate surface area is 178 Å². The van der Waals surface area contributed by atoms with E-state index in [-0.39, 0.29) is 5.41 Å². The highest BCUT2D eigenvalue weighted by Crippen LogP contribution is 2.74. The van der Waals surface area contributed by atoms with Crippen molar-refractivity contribution in [1.82, 2.24) is 4.90 Å². The normalized spacial score (nSPS) is 55.7. The highest BCUT2D eigenvalue weighted by Gasteiger charge is 2.79. The monoisotopic (exact) mass is 417 g/mol. The van der Waals surface area contributed by atoms with Crippen molar-refractivity contribution in [1.29, 1.82) is 0 Å². The minimum atomic E-state index is -1.17. The van der Waals surface area contributed by atoms with Crippen LogP contribution in [0, 0.1) is 16.7 Å². The number of rotatable bonds is 1. The van der Waals surface area contributed by atoms with Gasteiger partial charge in [-0.25, -0.2) is 0 Å². The molecule has 0 aromatic heterocycles. The van der Waals surface area contributed by atoms with Crippen LogP contribution in [-0.2, 0) is 9.47 Å². The SMILES string of the molecule is C[C@@H](O)C1=CC[C@@]23OCCN(C)C[C@@]12C[C@@H](O)[C@]12OC4(O)CC[C@@]1(C)[C@H](CC=C32)C4. The fraction of sp³-hybridized carbons (Fsp3) is 0.833. The van der Waals surface area contributed by atoms with Gasteiger partial charge in [0, 0.05) is 36.8 Å². The van der Waals surface area contributed by atoms with Gasteiger partial charge in [-0.15, -0.1) is 0 Å². The number of ether oxygens (including phenoxy) is 2. The van der Waals surface area contributed by atoms with Gasteiger partial charge in [-0.05, 0) is 56.7 Å². The van der Waals surface area contributed by atoms with Crippen molar-refractivity contribution in [3.05, 3.63) is 23.3 Å². The molecule has 3 aliphatic heterocycles. The van der Waals surface area contributed by atoms with Crippen LogP contribution < -0.4 is 0 Å². The molecular formula is C24H35NO5. The molecule has 2 saturated carbocycles. The Bertz CT molecular complexity index is 855. The van der Waals surface area contributed by atoms with Crippen molar-refractivity contribution in [2.24, 2.45) is 16.7 Å². The number of aliphatic hydroxyl groups is 3. The number of hydrogen-bond acceptors (Lipinski definition) is 6. The first-order chi connectivity index (χ1) is 14.1. The van der Waals surface area contributed by atoms with Gasteiger partial charge in [-0.3, -0.25) is 0 Å². The first-order valence-electron chi connectivity index (χ1n) is 11.7. The molecule has 4 aliphatic carbocycles. The predicted molar refractivity (Wildman–Crippen MR) is 111 cm³/mol. The fourth-order valence-corrected chi connectivity index (χ4v) is 8.63. The highest BCUT2D eigenvalue weighted by molar-refractivity contribution is 5.52. The minimum absolute atomic E-state index is 0.225. The van der Waals surface area contributed by atoms with Crippen LogP contribution in [-0.4, -0.2) is 76.2 Å². The van der Waals surface area contributed by atoms with Crippen LogP contribution in [0.25, 0.3) is 0 Å². The minimum Gasteiger partial charge on any atom is -0.390 e. The van der Waals surface area contributed by atoms with E-state index in [9.17, 15) is 15.3 Å². The zero-order chi connectivity index (χ0) is 21.2. The van der Waals surface area contributed by atoms with Crippen LogP contribution in [0.4, 0.5) is 0 Å². The lowest BCUT2D eigenvalue weighted by molar-refractivity contribution is -0.401. The lowest BCUT2D eigenvalue weighted by atomic mass is 9.41. The average molecular weight is 418 g/mol. The van der Waals surface area contributed by atoms with E-state index in [0.29, 0.717) is 38.2 Å². The largest absolute Gasteiger partial charge is 0.390 e. The number of allylic oxidation sites excluding steroid dienone is 1. The number of fused-ring (bicyclic) bond motifs is 1. The smallest absolute Gasteiger partial charge is 0.167 e. The third-order valence-electron chi connectivity index (χ3n) is 9.90. The highest BCUT2D eigenvalue weighted by atomic mass is 16.7. The molecular weight excluding hydrogens is 382 g/mol. The first kappa shape index (κ1) is 19.9. The Balaban J connectivity index is 1.60. The van der Waals surface area contributed by atoms with E-state index in [2.05, 4.69) is 31.0 Å². The van der Waals surface area contributed by atoms with E-state index < -0.39 is 34.6 Å². The van der Waals surface area contributed by atoms with Gasteiger partial charge in [0.05, 0.1) is 18.8 Å². The van der Waals surface area contributed by atoms with Crippen molar-refractivity contribution in [3.8, 4) is 0 Å². The summed E-state index contributed by atoms with van der Waals surface area (Å²) in [5, 5.41) is 33.9. The quantitative estimate of drug-likeness (QED) is 0.564. The average Bonchev–Trinajstić information content (AvgIpc) is 2.88. The standard InChI is InChI=1S/C24H35NO5/c1-15(26)17-6-7-23-18-5-4-16-12-22(28)9-8-20(16,2)24(18,30-22)19(27)13-21(17,23)14-25(3)10-11-29-23/h5-6,15-16,19,26-28H,4,7-14H2,1-3H3/t15-,16-,19-,20+,21+,22?,23+,24+/m1/s1. The Morgan fingerprint density at radius 2 is 2.03 bits per heavy atom. The summed E-state index contributed by atoms with van der Waals surface area (Å²) in [7, 11) is 2.09. The first-order valence-corrected chi connectivity index (χ1v) is 11.7. The Morgan fingerprint density at radius 3 is 2.80 bits per heavy atom. The molecule has 3 heterocycles. The molecule has 166 valence electrons. The fourth-order valence-electron chi connectivity index (χ4n) is 8.63. The van der Waals surface area contributed by atoms with Crippen LogP contribution in [0.15, 0.2) is 23.3 Å². The lowest BCUT2D eigenvalue weighted by Crippen LogP contribution is -2.79. The van der Waals surface area contributed by atoms with E-state index in [1.54, 1.807) is 0 Å². The molecule has 4 bridgehead atoms. The summed E-state index contributed by atoms with van der Waals surface area (Å²) in [5.74, 6) is -0.869. The topological polar surface area (TPSA) is 82.4 Å². The number of aliphatic hydroxyl groups excluding tert-OH is 2. The maximum Gasteiger partial charge on any atom is 0.167 e. The van der Waals surface area contributed by atoms with Gasteiger partial charge in [0.2, 0.25) is 0 Å². The van der Waals surface area contributed by atoms with Crippen LogP contribution in [0.5, 0.6) is 0 Å². The maximum atomic E-state index is 11.9. The summed E-state index contributed by atoms with van der Waals surface area (Å²) in [6.07, 6.45) is 7.24. The molecule has 0 amide bonds. The van der Waals surface area contributed by atoms with Crippen molar-refractivity contribution < 1.29 is 24.8 Å². The van der Waals surface area contributed by atoms with Gasteiger partial charge in [0.1, 0.15) is 11.2 Å². The van der Waals surface area contributed by atoms with Crippen LogP contribution in [0.3, 0.4) is 0 Å². The summed E-state index contributed by atoms with van der Waals surface area (Å²) in [6.45, 7) is 6.24. The van der Waals surface area contributed by atoms with Gasteiger partial charge in [-0.1, -0.05) is 19.1 Å². The lowest BCUT2D eigenvalue weighted by Gasteiger charge is -2.73. The molecule has 3 N–H and O–H groups in total. The van der Waals surface area contributed by atoms with Crippen molar-refractivity contribution in [2.45, 2.75) is 81.6 Å². The predicted octanol–water partition coefficient (Wildman–Crippen LogP) is 1.74. The van der Waals surface area contributed by atoms with Gasteiger partial charge in [-0.2, -0.15) is 0 Å². The molecule has 5 fully saturated rings. The third kappa shape index (κ3) is 1.98. The van der Waals surface area contributed by atoms with Crippen LogP contribution in [0.1, 0.15) is 52.4 Å². The molecule has 0 aromatic carbocycles. The zero-order valence-electron chi connectivity index (χ0n) is 18.4. The summed E-state index contributed by atoms with van der Waals surface area (Å²) >= 11 is 0. The molecule has 1 spiro atoms. The van der Waals surface area contributed by atoms with Gasteiger partial charge in [0.25, 0.3) is 0 Å². The Kier molecular flexibility index (Phi) is 3.83. The second-order valence-corrected chi connectivity index (χ2v) is 11.2. The molecule has 6 heteroatoms. The van der Waals surface area contributed by atoms with Gasteiger partial charge < -0.3 is 29.7 Å². The third-order valence-corrected chi connectivity index (χ3v) is 9.90. The van der Waals surface area contributed by atoms with Crippen molar-refractivity contribution in [2.75, 3.05) is 26.7 Å². The molecule has 3 saturated heterocycles. The summed E-state index contributed by atoms with van der Waals surface area (Å²) < 4.78 is 13.4. The number of hydrogen-bond donors (Lipinski definition) is 3. The van der Waals surface area contributed by atoms with Crippen LogP contribution in [0.2, 0.25) is 0 Å². The molecule has 30 heavy (non-hydrogen) atoms. The molecule has 7 aliphatic rings. The van der Waals surface area contributed by atoms with Crippen molar-refractivity contribution >= 4 is 0 Å². The summed E-state index contributed by atoms with van der Waals surface area (Å²) in [5.41, 5.74) is -0.252. The molecule has 6 nitrogen and oxygen atoms in total. The zero-order valence-corrected chi connectivity index (χ0v) is 18.4. The van der Waals surface area contributed by atoms with Crippen molar-refractivity contribution in [3.63, 3.8) is 0 Å². The molecule has 0 radical (unpaired) electrons. The second kappa shape index (κ2) is 5.77. The van der Waals surface area contributed by atoms with E-state index in [1.807, 2.05) is 6.92 Å². The van der Waals surface area contributed by atoms with E-state index in [0.717, 1.165) is 37.1 Å². The molecule has 8 atom stereocenters. The second-order valence-electron chi connectivity index (χ2n) is 11.2. The summed E-state index contributed by atoms with van der Waals surface area (Å²) in [6, 6.07) is 0. The Morgan fingerprint density at radius 1 is 1.23 bits per heavy atom. The number of nitrogens with zero attached hydrogens (tertiary/aromatic N) is 1. The molecule has 1 unspecified atom stereocenters. The van der Waals surface area contributed by atoms with E-state index >= 15 is 0 Å². The Hall–Kier alpha value is -0.760. The molecule has 7 rings (SSSR count). The molecule has 0 aromatic rings.